The van der Waals surface area contributed by atoms with Crippen LogP contribution in [0.2, 0.25) is 0 Å². The van der Waals surface area contributed by atoms with Gasteiger partial charge in [0, 0.05) is 12.8 Å². The van der Waals surface area contributed by atoms with Gasteiger partial charge in [-0.3, -0.25) is 9.59 Å². The molecular weight excluding hydrogens is 1250 g/mol. The first-order valence-electron chi connectivity index (χ1n) is 39.9. The van der Waals surface area contributed by atoms with Gasteiger partial charge in [-0.05, 0) is 154 Å². The van der Waals surface area contributed by atoms with Gasteiger partial charge in [-0.2, -0.15) is 0 Å². The van der Waals surface area contributed by atoms with Crippen molar-refractivity contribution < 1.29 is 42.9 Å². The number of hydrogen-bond acceptors (Lipinski definition) is 8. The summed E-state index contributed by atoms with van der Waals surface area (Å²) in [4.78, 5) is 37.6. The Morgan fingerprint density at radius 3 is 0.792 bits per heavy atom. The van der Waals surface area contributed by atoms with Crippen molar-refractivity contribution in [2.24, 2.45) is 0 Å². The minimum absolute atomic E-state index is 0.135. The van der Waals surface area contributed by atoms with Crippen LogP contribution in [0.5, 0.6) is 0 Å². The molecule has 0 saturated carbocycles. The first-order chi connectivity index (χ1) is 49.6. The monoisotopic (exact) mass is 1390 g/mol. The quantitative estimate of drug-likeness (QED) is 0.0195. The second kappa shape index (κ2) is 79.3. The standard InChI is InChI=1S/C92H145NO8/c1-6-8-10-12-14-16-18-20-22-24-26-28-30-32-34-36-38-40-42-43-44-45-46-47-49-51-53-55-57-59-61-63-65-67-69-71-73-75-77-79-81-83-90(95)101-88(87-100-92(91(96)97)98-85-84-93(3,4)5)86-99-89(94)82-80-78-76-74-72-70-68-66-64-62-60-58-56-54-52-50-48-41-39-37-35-33-31-29-27-25-23-21-19-17-15-13-11-9-7-2/h8-11,14-17,20-23,26-29,32-35,38-41,43-44,46-47,50-53,56,58,62,64,88,92H,6-7,12-13,18-19,24-25,30-31,36-37,42,45,48-49,54-55,57,59-61,63,65-87H2,1-5H3/b10-8-,11-9-,16-14-,17-15-,22-20-,23-21-,28-26-,29-27-,34-32-,35-33-,40-38-,41-39-,44-43-,47-46-,52-50-,53-51-,58-56-,64-62-. The second-order valence-corrected chi connectivity index (χ2v) is 26.9. The lowest BCUT2D eigenvalue weighted by atomic mass is 10.0. The highest BCUT2D eigenvalue weighted by Gasteiger charge is 2.22. The zero-order valence-electron chi connectivity index (χ0n) is 64.7. The minimum atomic E-state index is -1.64. The third-order valence-corrected chi connectivity index (χ3v) is 16.2. The molecule has 0 rings (SSSR count). The first kappa shape index (κ1) is 94.6. The van der Waals surface area contributed by atoms with Gasteiger partial charge in [0.2, 0.25) is 0 Å². The third kappa shape index (κ3) is 80.8. The van der Waals surface area contributed by atoms with Crippen molar-refractivity contribution in [2.75, 3.05) is 47.5 Å². The molecule has 0 saturated heterocycles. The molecule has 0 fully saturated rings. The van der Waals surface area contributed by atoms with Crippen LogP contribution < -0.4 is 5.11 Å². The molecule has 0 aromatic rings. The van der Waals surface area contributed by atoms with E-state index in [1.54, 1.807) is 0 Å². The maximum absolute atomic E-state index is 13.0. The SMILES string of the molecule is CC/C=C\C/C=C\C/C=C\C/C=C\C/C=C\C/C=C\C/C=C\C/C=C\C/C=C\CCCCCCCCCCCCCCCC(=O)OC(COC(=O)CCCCCCCCC/C=C\C/C=C\C/C=C\C/C=C\C/C=C\C/C=C\C/C=C\C/C=C\C/C=C\CC)COC(OCC[N+](C)(C)C)C(=O)[O-]. The molecule has 101 heavy (non-hydrogen) atoms. The van der Waals surface area contributed by atoms with Gasteiger partial charge in [0.25, 0.3) is 0 Å². The smallest absolute Gasteiger partial charge is 0.306 e. The molecule has 0 aromatic heterocycles. The van der Waals surface area contributed by atoms with Crippen molar-refractivity contribution in [1.29, 1.82) is 0 Å². The molecule has 0 bridgehead atoms. The molecule has 0 aliphatic carbocycles. The van der Waals surface area contributed by atoms with Gasteiger partial charge in [0.1, 0.15) is 13.2 Å². The number of unbranched alkanes of at least 4 members (excludes halogenated alkanes) is 20. The van der Waals surface area contributed by atoms with E-state index in [1.165, 1.54) is 83.5 Å². The lowest BCUT2D eigenvalue weighted by molar-refractivity contribution is -0.870. The Labute approximate surface area is 619 Å². The fourth-order valence-electron chi connectivity index (χ4n) is 10.2. The van der Waals surface area contributed by atoms with E-state index in [0.29, 0.717) is 23.9 Å². The van der Waals surface area contributed by atoms with Crippen LogP contribution in [0.15, 0.2) is 219 Å². The number of carbonyl (C=O) groups is 3. The maximum atomic E-state index is 13.0. The number of carboxylic acids is 1. The van der Waals surface area contributed by atoms with Crippen molar-refractivity contribution in [1.82, 2.24) is 0 Å². The summed E-state index contributed by atoms with van der Waals surface area (Å²) in [6, 6.07) is 0. The summed E-state index contributed by atoms with van der Waals surface area (Å²) in [5.74, 6) is -2.32. The van der Waals surface area contributed by atoms with E-state index in [0.717, 1.165) is 161 Å². The maximum Gasteiger partial charge on any atom is 0.306 e. The van der Waals surface area contributed by atoms with E-state index in [4.69, 9.17) is 18.9 Å². The fraction of sp³-hybridized carbons (Fsp3) is 0.576. The molecule has 0 radical (unpaired) electrons. The third-order valence-electron chi connectivity index (χ3n) is 16.2. The lowest BCUT2D eigenvalue weighted by Gasteiger charge is -2.26. The Morgan fingerprint density at radius 1 is 0.297 bits per heavy atom. The number of hydrogen-bond donors (Lipinski definition) is 0. The van der Waals surface area contributed by atoms with E-state index < -0.39 is 24.3 Å². The predicted molar refractivity (Wildman–Crippen MR) is 434 cm³/mol. The normalized spacial score (nSPS) is 13.9. The lowest BCUT2D eigenvalue weighted by Crippen LogP contribution is -2.44. The van der Waals surface area contributed by atoms with E-state index in [9.17, 15) is 19.5 Å². The van der Waals surface area contributed by atoms with Crippen LogP contribution in [0.3, 0.4) is 0 Å². The molecule has 2 unspecified atom stereocenters. The summed E-state index contributed by atoms with van der Waals surface area (Å²) in [7, 11) is 5.92. The van der Waals surface area contributed by atoms with Crippen molar-refractivity contribution in [3.8, 4) is 0 Å². The summed E-state index contributed by atoms with van der Waals surface area (Å²) in [6.07, 6.45) is 122. The average molecular weight is 1390 g/mol. The van der Waals surface area contributed by atoms with Gasteiger partial charge in [-0.1, -0.05) is 335 Å². The molecule has 9 nitrogen and oxygen atoms in total. The number of ether oxygens (including phenoxy) is 4. The van der Waals surface area contributed by atoms with Crippen LogP contribution >= 0.6 is 0 Å². The Morgan fingerprint density at radius 2 is 0.535 bits per heavy atom. The first-order valence-corrected chi connectivity index (χ1v) is 39.9. The van der Waals surface area contributed by atoms with Crippen LogP contribution in [0.4, 0.5) is 0 Å². The molecule has 0 spiro atoms. The Balaban J connectivity index is 4.15. The van der Waals surface area contributed by atoms with E-state index in [-0.39, 0.29) is 38.6 Å². The fourth-order valence-corrected chi connectivity index (χ4v) is 10.2. The number of carbonyl (C=O) groups excluding carboxylic acids is 3. The Bertz CT molecular complexity index is 2470. The molecular formula is C92H145NO8. The zero-order valence-corrected chi connectivity index (χ0v) is 64.7. The molecule has 0 heterocycles. The van der Waals surface area contributed by atoms with Crippen molar-refractivity contribution in [3.05, 3.63) is 219 Å². The van der Waals surface area contributed by atoms with Crippen molar-refractivity contribution >= 4 is 17.9 Å². The second-order valence-electron chi connectivity index (χ2n) is 26.9. The van der Waals surface area contributed by atoms with Gasteiger partial charge < -0.3 is 33.3 Å². The molecule has 9 heteroatoms. The number of aliphatic carboxylic acids is 1. The summed E-state index contributed by atoms with van der Waals surface area (Å²) < 4.78 is 22.8. The summed E-state index contributed by atoms with van der Waals surface area (Å²) in [6.45, 7) is 4.49. The number of carboxylic acid groups (broad SMARTS) is 1. The van der Waals surface area contributed by atoms with Crippen LogP contribution in [0, 0.1) is 0 Å². The average Bonchev–Trinajstić information content (AvgIpc) is 1.21. The molecule has 0 amide bonds. The molecule has 0 aromatic carbocycles. The number of quaternary nitrogens is 1. The van der Waals surface area contributed by atoms with Gasteiger partial charge in [0.05, 0.1) is 40.3 Å². The highest BCUT2D eigenvalue weighted by atomic mass is 16.7. The summed E-state index contributed by atoms with van der Waals surface area (Å²) in [5, 5.41) is 11.9. The molecule has 0 aliphatic rings. The molecule has 0 N–H and O–H groups in total. The number of nitrogens with zero attached hydrogens (tertiary/aromatic N) is 1. The molecule has 566 valence electrons. The number of esters is 2. The number of likely N-dealkylation sites (N-methyl/N-ethyl adjacent to an activating group) is 1. The zero-order chi connectivity index (χ0) is 73.2. The molecule has 0 aliphatic heterocycles. The van der Waals surface area contributed by atoms with Crippen molar-refractivity contribution in [3.63, 3.8) is 0 Å². The minimum Gasteiger partial charge on any atom is -0.545 e. The highest BCUT2D eigenvalue weighted by Crippen LogP contribution is 2.16. The van der Waals surface area contributed by atoms with Crippen LogP contribution in [0.1, 0.15) is 284 Å². The Hall–Kier alpha value is -6.39. The van der Waals surface area contributed by atoms with E-state index in [1.807, 2.05) is 21.1 Å². The topological polar surface area (TPSA) is 111 Å². The summed E-state index contributed by atoms with van der Waals surface area (Å²) >= 11 is 0. The van der Waals surface area contributed by atoms with E-state index in [2.05, 4.69) is 233 Å². The van der Waals surface area contributed by atoms with E-state index >= 15 is 0 Å². The largest absolute Gasteiger partial charge is 0.545 e. The van der Waals surface area contributed by atoms with Gasteiger partial charge >= 0.3 is 11.9 Å². The van der Waals surface area contributed by atoms with Gasteiger partial charge in [-0.15, -0.1) is 0 Å². The molecule has 2 atom stereocenters. The number of rotatable bonds is 71. The predicted octanol–water partition coefficient (Wildman–Crippen LogP) is 24.7. The number of allylic oxidation sites excluding steroid dienone is 36. The van der Waals surface area contributed by atoms with Crippen LogP contribution in [-0.4, -0.2) is 82.3 Å². The van der Waals surface area contributed by atoms with Gasteiger partial charge in [0.15, 0.2) is 12.4 Å². The van der Waals surface area contributed by atoms with Crippen molar-refractivity contribution in [2.45, 2.75) is 296 Å². The van der Waals surface area contributed by atoms with Crippen LogP contribution in [-0.2, 0) is 33.3 Å². The van der Waals surface area contributed by atoms with Crippen LogP contribution in [0.25, 0.3) is 0 Å². The summed E-state index contributed by atoms with van der Waals surface area (Å²) in [5.41, 5.74) is 0. The highest BCUT2D eigenvalue weighted by molar-refractivity contribution is 5.70. The Kier molecular flexibility index (Phi) is 74.3. The van der Waals surface area contributed by atoms with Gasteiger partial charge in [-0.25, -0.2) is 0 Å².